The number of furan rings is 1. The Hall–Kier alpha value is -4.18. The molecule has 7 nitrogen and oxygen atoms in total. The van der Waals surface area contributed by atoms with E-state index in [0.29, 0.717) is 40.7 Å². The van der Waals surface area contributed by atoms with Crippen LogP contribution in [-0.4, -0.2) is 12.6 Å². The smallest absolute Gasteiger partial charge is 0.343 e. The van der Waals surface area contributed by atoms with Crippen LogP contribution in [0.5, 0.6) is 17.2 Å². The molecule has 3 aromatic rings. The third-order valence-corrected chi connectivity index (χ3v) is 5.55. The molecule has 0 saturated carbocycles. The van der Waals surface area contributed by atoms with Gasteiger partial charge < -0.3 is 24.4 Å². The van der Waals surface area contributed by atoms with Gasteiger partial charge in [0.15, 0.2) is 0 Å². The fraction of sp³-hybridized carbons (Fsp3) is 0.259. The summed E-state index contributed by atoms with van der Waals surface area (Å²) in [5.41, 5.74) is 7.38. The molecule has 34 heavy (non-hydrogen) atoms. The van der Waals surface area contributed by atoms with E-state index in [4.69, 9.17) is 24.4 Å². The van der Waals surface area contributed by atoms with Gasteiger partial charge in [-0.2, -0.15) is 5.26 Å². The van der Waals surface area contributed by atoms with Gasteiger partial charge in [-0.15, -0.1) is 0 Å². The molecule has 1 unspecified atom stereocenters. The lowest BCUT2D eigenvalue weighted by Crippen LogP contribution is -2.21. The second-order valence-corrected chi connectivity index (χ2v) is 8.04. The molecule has 0 bridgehead atoms. The Morgan fingerprint density at radius 2 is 1.85 bits per heavy atom. The summed E-state index contributed by atoms with van der Waals surface area (Å²) in [6.45, 7) is 4.62. The maximum absolute atomic E-state index is 12.6. The molecule has 1 aliphatic rings. The van der Waals surface area contributed by atoms with Crippen molar-refractivity contribution in [2.45, 2.75) is 39.0 Å². The predicted molar refractivity (Wildman–Crippen MR) is 126 cm³/mol. The van der Waals surface area contributed by atoms with Crippen molar-refractivity contribution in [3.63, 3.8) is 0 Å². The number of hydrogen-bond acceptors (Lipinski definition) is 7. The maximum Gasteiger partial charge on any atom is 0.343 e. The number of fused-ring (bicyclic) bond motifs is 1. The number of aryl methyl sites for hydroxylation is 1. The highest BCUT2D eigenvalue weighted by Gasteiger charge is 2.33. The van der Waals surface area contributed by atoms with Crippen molar-refractivity contribution in [2.24, 2.45) is 5.73 Å². The Morgan fingerprint density at radius 1 is 1.09 bits per heavy atom. The van der Waals surface area contributed by atoms with Gasteiger partial charge in [0.05, 0.1) is 18.1 Å². The third kappa shape index (κ3) is 4.91. The summed E-state index contributed by atoms with van der Waals surface area (Å²) in [5, 5.41) is 9.63. The molecular weight excluding hydrogens is 432 g/mol. The van der Waals surface area contributed by atoms with Crippen molar-refractivity contribution in [2.75, 3.05) is 6.61 Å². The summed E-state index contributed by atoms with van der Waals surface area (Å²) in [4.78, 5) is 12.6. The van der Waals surface area contributed by atoms with Crippen LogP contribution in [0.2, 0.25) is 0 Å². The summed E-state index contributed by atoms with van der Waals surface area (Å²) in [6, 6.07) is 17.6. The van der Waals surface area contributed by atoms with Crippen LogP contribution in [0.25, 0.3) is 0 Å². The average molecular weight is 459 g/mol. The van der Waals surface area contributed by atoms with Crippen LogP contribution in [0.15, 0.2) is 70.5 Å². The van der Waals surface area contributed by atoms with Gasteiger partial charge in [-0.1, -0.05) is 25.8 Å². The number of hydrogen-bond donors (Lipinski definition) is 1. The Morgan fingerprint density at radius 3 is 2.53 bits per heavy atom. The molecule has 7 heteroatoms. The zero-order valence-corrected chi connectivity index (χ0v) is 19.2. The number of carbonyl (C=O) groups is 1. The van der Waals surface area contributed by atoms with Gasteiger partial charge in [0.2, 0.25) is 5.88 Å². The van der Waals surface area contributed by atoms with Crippen LogP contribution >= 0.6 is 0 Å². The lowest BCUT2D eigenvalue weighted by molar-refractivity contribution is 0.0734. The summed E-state index contributed by atoms with van der Waals surface area (Å²) in [5.74, 6) is 1.70. The van der Waals surface area contributed by atoms with Crippen LogP contribution in [0.3, 0.4) is 0 Å². The van der Waals surface area contributed by atoms with E-state index in [2.05, 4.69) is 13.0 Å². The van der Waals surface area contributed by atoms with Crippen LogP contribution in [0.4, 0.5) is 0 Å². The highest BCUT2D eigenvalue weighted by Crippen LogP contribution is 2.43. The van der Waals surface area contributed by atoms with E-state index in [1.807, 2.05) is 19.1 Å². The first-order valence-electron chi connectivity index (χ1n) is 11.2. The minimum Gasteiger partial charge on any atom is -0.494 e. The first-order valence-corrected chi connectivity index (χ1v) is 11.2. The number of esters is 1. The topological polar surface area (TPSA) is 108 Å². The van der Waals surface area contributed by atoms with Crippen molar-refractivity contribution in [1.29, 1.82) is 5.26 Å². The van der Waals surface area contributed by atoms with Gasteiger partial charge >= 0.3 is 5.97 Å². The molecule has 174 valence electrons. The number of nitrogens with two attached hydrogens (primary N) is 1. The number of ether oxygens (including phenoxy) is 3. The number of allylic oxidation sites excluding steroid dienone is 1. The van der Waals surface area contributed by atoms with E-state index in [0.717, 1.165) is 25.0 Å². The monoisotopic (exact) mass is 458 g/mol. The van der Waals surface area contributed by atoms with E-state index >= 15 is 0 Å². The molecule has 0 spiro atoms. The number of benzene rings is 2. The van der Waals surface area contributed by atoms with Crippen molar-refractivity contribution in [1.82, 2.24) is 0 Å². The first-order chi connectivity index (χ1) is 16.5. The van der Waals surface area contributed by atoms with Crippen LogP contribution in [0.1, 0.15) is 59.5 Å². The van der Waals surface area contributed by atoms with E-state index in [1.54, 1.807) is 42.5 Å². The molecule has 2 aromatic carbocycles. The fourth-order valence-electron chi connectivity index (χ4n) is 3.80. The van der Waals surface area contributed by atoms with Crippen LogP contribution in [-0.2, 0) is 0 Å². The molecule has 1 atom stereocenters. The van der Waals surface area contributed by atoms with Gasteiger partial charge in [0, 0.05) is 11.6 Å². The summed E-state index contributed by atoms with van der Waals surface area (Å²) in [6.07, 6.45) is 3.25. The summed E-state index contributed by atoms with van der Waals surface area (Å²) >= 11 is 0. The minimum atomic E-state index is -0.507. The standard InChI is InChI=1S/C27H26N2O5/c1-3-4-5-14-31-19-9-7-18(8-10-19)27(30)33-20-11-12-21-24(15-20)34-26(29)22(16-28)25(21)23-13-6-17(2)32-23/h6-13,15,25H,3-5,14,29H2,1-2H3. The molecular formula is C27H26N2O5. The van der Waals surface area contributed by atoms with Gasteiger partial charge in [0.25, 0.3) is 0 Å². The lowest BCUT2D eigenvalue weighted by atomic mass is 9.87. The molecule has 2 heterocycles. The molecule has 2 N–H and O–H groups in total. The van der Waals surface area contributed by atoms with Gasteiger partial charge in [-0.3, -0.25) is 0 Å². The van der Waals surface area contributed by atoms with E-state index in [-0.39, 0.29) is 11.5 Å². The van der Waals surface area contributed by atoms with Crippen molar-refractivity contribution in [3.05, 3.63) is 88.7 Å². The SMILES string of the molecule is CCCCCOc1ccc(C(=O)Oc2ccc3c(c2)OC(N)=C(C#N)C3c2ccc(C)o2)cc1. The van der Waals surface area contributed by atoms with Gasteiger partial charge in [-0.25, -0.2) is 4.79 Å². The zero-order valence-electron chi connectivity index (χ0n) is 19.2. The van der Waals surface area contributed by atoms with E-state index in [9.17, 15) is 10.1 Å². The highest BCUT2D eigenvalue weighted by atomic mass is 16.5. The quantitative estimate of drug-likeness (QED) is 0.266. The van der Waals surface area contributed by atoms with Crippen molar-refractivity contribution < 1.29 is 23.4 Å². The van der Waals surface area contributed by atoms with Crippen LogP contribution in [0, 0.1) is 18.3 Å². The molecule has 0 fully saturated rings. The zero-order chi connectivity index (χ0) is 24.1. The molecule has 0 amide bonds. The second kappa shape index (κ2) is 10.2. The fourth-order valence-corrected chi connectivity index (χ4v) is 3.80. The number of carbonyl (C=O) groups excluding carboxylic acids is 1. The Labute approximate surface area is 198 Å². The minimum absolute atomic E-state index is 0.00736. The number of nitriles is 1. The molecule has 1 aliphatic heterocycles. The molecule has 4 rings (SSSR count). The van der Waals surface area contributed by atoms with Crippen molar-refractivity contribution in [3.8, 4) is 23.3 Å². The summed E-state index contributed by atoms with van der Waals surface area (Å²) < 4.78 is 22.7. The van der Waals surface area contributed by atoms with Crippen LogP contribution < -0.4 is 19.9 Å². The van der Waals surface area contributed by atoms with Crippen molar-refractivity contribution >= 4 is 5.97 Å². The Kier molecular flexibility index (Phi) is 6.88. The maximum atomic E-state index is 12.6. The van der Waals surface area contributed by atoms with E-state index in [1.165, 1.54) is 0 Å². The Balaban J connectivity index is 1.50. The molecule has 0 aliphatic carbocycles. The molecule has 1 aromatic heterocycles. The Bertz CT molecular complexity index is 1250. The molecule has 0 saturated heterocycles. The van der Waals surface area contributed by atoms with E-state index < -0.39 is 11.9 Å². The normalized spacial score (nSPS) is 14.7. The predicted octanol–water partition coefficient (Wildman–Crippen LogP) is 5.59. The number of rotatable bonds is 8. The highest BCUT2D eigenvalue weighted by molar-refractivity contribution is 5.91. The third-order valence-electron chi connectivity index (χ3n) is 5.55. The lowest BCUT2D eigenvalue weighted by Gasteiger charge is -2.25. The molecule has 0 radical (unpaired) electrons. The summed E-state index contributed by atoms with van der Waals surface area (Å²) in [7, 11) is 0. The number of unbranched alkanes of at least 4 members (excludes halogenated alkanes) is 2. The second-order valence-electron chi connectivity index (χ2n) is 8.04. The van der Waals surface area contributed by atoms with Gasteiger partial charge in [-0.05, 0) is 55.8 Å². The average Bonchev–Trinajstić information content (AvgIpc) is 3.27. The number of nitrogens with zero attached hydrogens (tertiary/aromatic N) is 1. The first kappa shape index (κ1) is 23.0. The largest absolute Gasteiger partial charge is 0.494 e. The van der Waals surface area contributed by atoms with Gasteiger partial charge in [0.1, 0.15) is 40.4 Å².